The number of carbonyl (C=O) groups is 1. The number of hydrogen-bond donors (Lipinski definition) is 1. The van der Waals surface area contributed by atoms with E-state index < -0.39 is 5.60 Å². The molecule has 2 fully saturated rings. The molecule has 0 spiro atoms. The van der Waals surface area contributed by atoms with E-state index in [1.54, 1.807) is 16.7 Å². The summed E-state index contributed by atoms with van der Waals surface area (Å²) in [5.41, 5.74) is -0.540. The molecule has 1 N–H and O–H groups in total. The highest BCUT2D eigenvalue weighted by Gasteiger charge is 2.53. The van der Waals surface area contributed by atoms with Crippen molar-refractivity contribution < 1.29 is 9.90 Å². The van der Waals surface area contributed by atoms with Crippen molar-refractivity contribution >= 4 is 17.7 Å². The van der Waals surface area contributed by atoms with Crippen molar-refractivity contribution in [1.82, 2.24) is 4.90 Å². The average Bonchev–Trinajstić information content (AvgIpc) is 2.90. The monoisotopic (exact) mass is 243 g/mol. The molecule has 1 saturated carbocycles. The summed E-state index contributed by atoms with van der Waals surface area (Å²) < 4.78 is 0.132. The molecule has 4 heteroatoms. The van der Waals surface area contributed by atoms with E-state index in [0.29, 0.717) is 24.8 Å². The van der Waals surface area contributed by atoms with Gasteiger partial charge in [-0.05, 0) is 18.8 Å². The van der Waals surface area contributed by atoms with Crippen LogP contribution in [0.5, 0.6) is 0 Å². The van der Waals surface area contributed by atoms with Gasteiger partial charge >= 0.3 is 0 Å². The minimum atomic E-state index is -0.540. The van der Waals surface area contributed by atoms with Crippen molar-refractivity contribution in [3.63, 3.8) is 0 Å². The van der Waals surface area contributed by atoms with Crippen LogP contribution in [0.3, 0.4) is 0 Å². The van der Waals surface area contributed by atoms with Crippen LogP contribution in [0, 0.1) is 5.92 Å². The third-order valence-corrected chi connectivity index (χ3v) is 4.51. The maximum Gasteiger partial charge on any atom is 0.232 e. The highest BCUT2D eigenvalue weighted by Crippen LogP contribution is 2.44. The van der Waals surface area contributed by atoms with Crippen molar-refractivity contribution in [2.45, 2.75) is 44.0 Å². The minimum Gasteiger partial charge on any atom is -0.386 e. The molecule has 0 radical (unpaired) electrons. The number of rotatable bonds is 3. The summed E-state index contributed by atoms with van der Waals surface area (Å²) in [6, 6.07) is 0. The quantitative estimate of drug-likeness (QED) is 0.816. The second-order valence-electron chi connectivity index (χ2n) is 6.03. The molecule has 1 saturated heterocycles. The Morgan fingerprint density at radius 3 is 2.44 bits per heavy atom. The van der Waals surface area contributed by atoms with E-state index >= 15 is 0 Å². The predicted molar refractivity (Wildman–Crippen MR) is 66.5 cm³/mol. The van der Waals surface area contributed by atoms with Crippen molar-refractivity contribution in [2.75, 3.05) is 18.8 Å². The third-order valence-electron chi connectivity index (χ3n) is 3.25. The second-order valence-corrected chi connectivity index (χ2v) is 7.83. The van der Waals surface area contributed by atoms with Crippen molar-refractivity contribution in [3.8, 4) is 0 Å². The average molecular weight is 243 g/mol. The fourth-order valence-electron chi connectivity index (χ4n) is 2.04. The number of amides is 1. The molecule has 0 aromatic rings. The molecule has 0 atom stereocenters. The molecule has 2 rings (SSSR count). The van der Waals surface area contributed by atoms with Gasteiger partial charge in [-0.3, -0.25) is 4.79 Å². The maximum atomic E-state index is 11.8. The number of hydrogen-bond acceptors (Lipinski definition) is 3. The van der Waals surface area contributed by atoms with E-state index in [9.17, 15) is 9.90 Å². The molecule has 92 valence electrons. The first-order chi connectivity index (χ1) is 7.30. The summed E-state index contributed by atoms with van der Waals surface area (Å²) in [7, 11) is 0. The molecule has 0 bridgehead atoms. The third kappa shape index (κ3) is 2.72. The van der Waals surface area contributed by atoms with Crippen LogP contribution in [0.2, 0.25) is 0 Å². The lowest BCUT2D eigenvalue weighted by molar-refractivity contribution is -0.156. The van der Waals surface area contributed by atoms with Crippen LogP contribution in [0.1, 0.15) is 33.6 Å². The molecule has 2 aliphatic rings. The molecule has 1 aliphatic carbocycles. The summed E-state index contributed by atoms with van der Waals surface area (Å²) in [5.74, 6) is 1.17. The SMILES string of the molecule is CC(C)(C)SCC(=O)N1CC(O)(C2CC2)C1. The fourth-order valence-corrected chi connectivity index (χ4v) is 2.78. The molecule has 3 nitrogen and oxygen atoms in total. The normalized spacial score (nSPS) is 24.1. The Balaban J connectivity index is 1.72. The van der Waals surface area contributed by atoms with Gasteiger partial charge < -0.3 is 10.0 Å². The Kier molecular flexibility index (Phi) is 2.99. The van der Waals surface area contributed by atoms with E-state index in [0.717, 1.165) is 12.8 Å². The number of likely N-dealkylation sites (tertiary alicyclic amines) is 1. The highest BCUT2D eigenvalue weighted by atomic mass is 32.2. The molecule has 1 heterocycles. The summed E-state index contributed by atoms with van der Waals surface area (Å²) >= 11 is 1.67. The summed E-state index contributed by atoms with van der Waals surface area (Å²) in [5, 5.41) is 10.1. The van der Waals surface area contributed by atoms with Gasteiger partial charge in [0.05, 0.1) is 18.8 Å². The molecule has 16 heavy (non-hydrogen) atoms. The van der Waals surface area contributed by atoms with Gasteiger partial charge in [-0.15, -0.1) is 11.8 Å². The lowest BCUT2D eigenvalue weighted by Crippen LogP contribution is -2.65. The van der Waals surface area contributed by atoms with Crippen LogP contribution in [0.4, 0.5) is 0 Å². The largest absolute Gasteiger partial charge is 0.386 e. The number of aliphatic hydroxyl groups is 1. The van der Waals surface area contributed by atoms with Gasteiger partial charge in [-0.2, -0.15) is 0 Å². The Labute approximate surface area is 102 Å². The zero-order chi connectivity index (χ0) is 12.0. The van der Waals surface area contributed by atoms with Gasteiger partial charge in [0.1, 0.15) is 5.60 Å². The molecule has 1 amide bonds. The van der Waals surface area contributed by atoms with Crippen LogP contribution in [0.15, 0.2) is 0 Å². The fraction of sp³-hybridized carbons (Fsp3) is 0.917. The molecular weight excluding hydrogens is 222 g/mol. The van der Waals surface area contributed by atoms with E-state index in [1.807, 2.05) is 0 Å². The summed E-state index contributed by atoms with van der Waals surface area (Å²) in [6.07, 6.45) is 2.27. The van der Waals surface area contributed by atoms with Gasteiger partial charge in [0.2, 0.25) is 5.91 Å². The first kappa shape index (κ1) is 12.2. The highest BCUT2D eigenvalue weighted by molar-refractivity contribution is 8.01. The van der Waals surface area contributed by atoms with Crippen molar-refractivity contribution in [3.05, 3.63) is 0 Å². The van der Waals surface area contributed by atoms with E-state index in [-0.39, 0.29) is 10.7 Å². The zero-order valence-electron chi connectivity index (χ0n) is 10.3. The minimum absolute atomic E-state index is 0.132. The molecule has 0 unspecified atom stereocenters. The number of thioether (sulfide) groups is 1. The summed E-state index contributed by atoms with van der Waals surface area (Å²) in [4.78, 5) is 13.6. The first-order valence-corrected chi connectivity index (χ1v) is 6.93. The van der Waals surface area contributed by atoms with Crippen LogP contribution in [0.25, 0.3) is 0 Å². The Morgan fingerprint density at radius 1 is 1.44 bits per heavy atom. The van der Waals surface area contributed by atoms with Crippen molar-refractivity contribution in [2.24, 2.45) is 5.92 Å². The zero-order valence-corrected chi connectivity index (χ0v) is 11.1. The molecular formula is C12H21NO2S. The van der Waals surface area contributed by atoms with Crippen LogP contribution >= 0.6 is 11.8 Å². The number of carbonyl (C=O) groups excluding carboxylic acids is 1. The van der Waals surface area contributed by atoms with E-state index in [1.165, 1.54) is 0 Å². The number of β-amino-alcohol motifs (C(OH)–C–C–N with tert-alkyl or cyclic N) is 1. The Hall–Kier alpha value is -0.220. The van der Waals surface area contributed by atoms with Gasteiger partial charge in [0.15, 0.2) is 0 Å². The Bertz CT molecular complexity index is 288. The smallest absolute Gasteiger partial charge is 0.232 e. The molecule has 1 aliphatic heterocycles. The van der Waals surface area contributed by atoms with E-state index in [2.05, 4.69) is 20.8 Å². The van der Waals surface area contributed by atoms with Gasteiger partial charge in [-0.25, -0.2) is 0 Å². The van der Waals surface area contributed by atoms with Gasteiger partial charge in [0.25, 0.3) is 0 Å². The van der Waals surface area contributed by atoms with Crippen LogP contribution in [-0.4, -0.2) is 45.1 Å². The van der Waals surface area contributed by atoms with Crippen molar-refractivity contribution in [1.29, 1.82) is 0 Å². The second kappa shape index (κ2) is 3.91. The van der Waals surface area contributed by atoms with E-state index in [4.69, 9.17) is 0 Å². The topological polar surface area (TPSA) is 40.5 Å². The van der Waals surface area contributed by atoms with Crippen LogP contribution in [-0.2, 0) is 4.79 Å². The Morgan fingerprint density at radius 2 is 2.00 bits per heavy atom. The standard InChI is InChI=1S/C12H21NO2S/c1-11(2,3)16-6-10(14)13-7-12(15,8-13)9-4-5-9/h9,15H,4-8H2,1-3H3. The molecule has 0 aromatic carbocycles. The lowest BCUT2D eigenvalue weighted by Gasteiger charge is -2.47. The maximum absolute atomic E-state index is 11.8. The first-order valence-electron chi connectivity index (χ1n) is 5.94. The number of nitrogens with zero attached hydrogens (tertiary/aromatic N) is 1. The van der Waals surface area contributed by atoms with Gasteiger partial charge in [0, 0.05) is 4.75 Å². The predicted octanol–water partition coefficient (Wildman–Crippen LogP) is 1.50. The van der Waals surface area contributed by atoms with Gasteiger partial charge in [-0.1, -0.05) is 20.8 Å². The molecule has 0 aromatic heterocycles. The van der Waals surface area contributed by atoms with Crippen LogP contribution < -0.4 is 0 Å². The summed E-state index contributed by atoms with van der Waals surface area (Å²) in [6.45, 7) is 7.45. The lowest BCUT2D eigenvalue weighted by atomic mass is 9.89.